The number of nitrogens with one attached hydrogen (secondary N) is 2. The second kappa shape index (κ2) is 10.7. The minimum absolute atomic E-state index is 0.0809. The number of amides is 1. The van der Waals surface area contributed by atoms with Gasteiger partial charge >= 0.3 is 0 Å². The molecule has 1 unspecified atom stereocenters. The Labute approximate surface area is 178 Å². The second-order valence-corrected chi connectivity index (χ2v) is 8.17. The van der Waals surface area contributed by atoms with Gasteiger partial charge in [0.15, 0.2) is 0 Å². The van der Waals surface area contributed by atoms with Crippen molar-refractivity contribution in [2.24, 2.45) is 0 Å². The normalized spacial score (nSPS) is 18.7. The summed E-state index contributed by atoms with van der Waals surface area (Å²) in [6.07, 6.45) is 2.50. The van der Waals surface area contributed by atoms with Crippen LogP contribution in [0.15, 0.2) is 18.2 Å². The zero-order valence-electron chi connectivity index (χ0n) is 18.0. The van der Waals surface area contributed by atoms with Crippen LogP contribution in [0.5, 0.6) is 0 Å². The van der Waals surface area contributed by atoms with Crippen molar-refractivity contribution in [1.82, 2.24) is 20.4 Å². The molecule has 0 radical (unpaired) electrons. The lowest BCUT2D eigenvalue weighted by Gasteiger charge is -2.44. The average molecular weight is 416 g/mol. The highest BCUT2D eigenvalue weighted by Crippen LogP contribution is 2.23. The number of nitrogens with zero attached hydrogens (tertiary/aromatic N) is 3. The molecule has 0 spiro atoms. The third kappa shape index (κ3) is 5.44. The van der Waals surface area contributed by atoms with Crippen LogP contribution in [0.3, 0.4) is 0 Å². The average Bonchev–Trinajstić information content (AvgIpc) is 2.73. The molecule has 1 amide bonds. The van der Waals surface area contributed by atoms with E-state index in [0.717, 1.165) is 63.1 Å². The fourth-order valence-electron chi connectivity index (χ4n) is 4.10. The van der Waals surface area contributed by atoms with Crippen molar-refractivity contribution in [3.8, 4) is 0 Å². The zero-order valence-corrected chi connectivity index (χ0v) is 18.0. The van der Waals surface area contributed by atoms with Crippen molar-refractivity contribution in [2.45, 2.75) is 31.5 Å². The first kappa shape index (κ1) is 22.4. The number of likely N-dealkylation sites (N-methyl/N-ethyl adjacent to an activating group) is 1. The fourth-order valence-corrected chi connectivity index (χ4v) is 4.10. The maximum atomic E-state index is 11.6. The molecule has 3 rings (SSSR count). The van der Waals surface area contributed by atoms with Crippen molar-refractivity contribution in [3.05, 3.63) is 29.3 Å². The number of carbonyl (C=O) groups excluding carboxylic acids is 3. The Hall–Kier alpha value is -2.29. The molecular weight excluding hydrogens is 382 g/mol. The molecule has 8 heteroatoms. The molecule has 164 valence electrons. The van der Waals surface area contributed by atoms with Crippen molar-refractivity contribution in [3.63, 3.8) is 0 Å². The predicted octanol–water partition coefficient (Wildman–Crippen LogP) is 0.118. The van der Waals surface area contributed by atoms with Crippen molar-refractivity contribution < 1.29 is 14.4 Å². The van der Waals surface area contributed by atoms with Crippen LogP contribution in [-0.2, 0) is 16.1 Å². The molecule has 2 N–H and O–H groups in total. The van der Waals surface area contributed by atoms with E-state index in [1.54, 1.807) is 7.05 Å². The van der Waals surface area contributed by atoms with Crippen LogP contribution in [0, 0.1) is 0 Å². The van der Waals surface area contributed by atoms with Crippen molar-refractivity contribution in [1.29, 1.82) is 0 Å². The molecule has 1 atom stereocenters. The summed E-state index contributed by atoms with van der Waals surface area (Å²) in [6, 6.07) is 6.25. The van der Waals surface area contributed by atoms with E-state index in [4.69, 9.17) is 0 Å². The minimum atomic E-state index is -0.370. The number of piperazine rings is 1. The first-order valence-corrected chi connectivity index (χ1v) is 10.7. The van der Waals surface area contributed by atoms with Crippen LogP contribution in [0.4, 0.5) is 5.69 Å². The Morgan fingerprint density at radius 2 is 2.00 bits per heavy atom. The molecule has 2 heterocycles. The van der Waals surface area contributed by atoms with Gasteiger partial charge in [-0.15, -0.1) is 0 Å². The molecule has 0 bridgehead atoms. The number of carbonyl (C=O) groups is 3. The summed E-state index contributed by atoms with van der Waals surface area (Å²) < 4.78 is 0. The van der Waals surface area contributed by atoms with E-state index >= 15 is 0 Å². The number of hydrogen-bond acceptors (Lipinski definition) is 7. The summed E-state index contributed by atoms with van der Waals surface area (Å²) in [5.74, 6) is -0.0809. The molecular formula is C22H33N5O3. The third-order valence-corrected chi connectivity index (χ3v) is 6.30. The Bertz CT molecular complexity index is 744. The molecule has 2 aliphatic heterocycles. The summed E-state index contributed by atoms with van der Waals surface area (Å²) >= 11 is 0. The zero-order chi connectivity index (χ0) is 21.5. The van der Waals surface area contributed by atoms with Crippen molar-refractivity contribution in [2.75, 3.05) is 58.3 Å². The number of rotatable bonds is 10. The van der Waals surface area contributed by atoms with E-state index in [-0.39, 0.29) is 11.9 Å². The largest absolute Gasteiger partial charge is 0.369 e. The monoisotopic (exact) mass is 415 g/mol. The number of hydrogen-bond donors (Lipinski definition) is 2. The number of benzene rings is 1. The molecule has 8 nitrogen and oxygen atoms in total. The Morgan fingerprint density at radius 1 is 1.27 bits per heavy atom. The highest BCUT2D eigenvalue weighted by Gasteiger charge is 2.28. The first-order valence-electron chi connectivity index (χ1n) is 10.7. The molecule has 30 heavy (non-hydrogen) atoms. The van der Waals surface area contributed by atoms with E-state index in [1.807, 2.05) is 24.1 Å². The van der Waals surface area contributed by atoms with Gasteiger partial charge in [-0.1, -0.05) is 0 Å². The molecule has 0 saturated carbocycles. The highest BCUT2D eigenvalue weighted by molar-refractivity contribution is 5.79. The fraction of sp³-hybridized carbons (Fsp3) is 0.591. The maximum absolute atomic E-state index is 11.6. The molecule has 0 aliphatic carbocycles. The summed E-state index contributed by atoms with van der Waals surface area (Å²) in [5.41, 5.74) is 2.66. The Kier molecular flexibility index (Phi) is 7.95. The van der Waals surface area contributed by atoms with Crippen LogP contribution in [-0.4, -0.2) is 93.7 Å². The van der Waals surface area contributed by atoms with Gasteiger partial charge in [0.25, 0.3) is 0 Å². The molecule has 1 aromatic rings. The summed E-state index contributed by atoms with van der Waals surface area (Å²) in [4.78, 5) is 41.5. The van der Waals surface area contributed by atoms with Crippen LogP contribution < -0.4 is 15.5 Å². The van der Waals surface area contributed by atoms with E-state index in [9.17, 15) is 14.4 Å². The van der Waals surface area contributed by atoms with Gasteiger partial charge < -0.3 is 20.3 Å². The standard InChI is InChI=1S/C22H33N5O3/c1-23-22(30)6-5-20(16-29)25(2)14-18-11-19(4-3-17(18)15-28)26-7-9-27(10-8-26)21-12-24-13-21/h3-4,11,15-16,20-21,24H,5-10,12-14H2,1-2H3,(H,23,30). The predicted molar refractivity (Wildman–Crippen MR) is 117 cm³/mol. The minimum Gasteiger partial charge on any atom is -0.369 e. The quantitative estimate of drug-likeness (QED) is 0.525. The molecule has 2 fully saturated rings. The number of aldehydes is 2. The van der Waals surface area contributed by atoms with Crippen molar-refractivity contribution >= 4 is 24.2 Å². The van der Waals surface area contributed by atoms with Crippen LogP contribution >= 0.6 is 0 Å². The van der Waals surface area contributed by atoms with Crippen LogP contribution in [0.1, 0.15) is 28.8 Å². The molecule has 1 aromatic carbocycles. The number of anilines is 1. The van der Waals surface area contributed by atoms with Crippen LogP contribution in [0.25, 0.3) is 0 Å². The smallest absolute Gasteiger partial charge is 0.219 e. The lowest BCUT2D eigenvalue weighted by molar-refractivity contribution is -0.121. The van der Waals surface area contributed by atoms with Gasteiger partial charge in [0.1, 0.15) is 12.6 Å². The molecule has 0 aromatic heterocycles. The van der Waals surface area contributed by atoms with Gasteiger partial charge in [-0.25, -0.2) is 0 Å². The third-order valence-electron chi connectivity index (χ3n) is 6.30. The van der Waals surface area contributed by atoms with E-state index in [0.29, 0.717) is 31.0 Å². The topological polar surface area (TPSA) is 85.0 Å². The van der Waals surface area contributed by atoms with Gasteiger partial charge in [0.2, 0.25) is 5.91 Å². The lowest BCUT2D eigenvalue weighted by Crippen LogP contribution is -2.61. The van der Waals surface area contributed by atoms with Gasteiger partial charge in [0.05, 0.1) is 6.04 Å². The summed E-state index contributed by atoms with van der Waals surface area (Å²) in [6.45, 7) is 6.68. The van der Waals surface area contributed by atoms with E-state index < -0.39 is 0 Å². The Morgan fingerprint density at radius 3 is 2.57 bits per heavy atom. The van der Waals surface area contributed by atoms with Crippen LogP contribution in [0.2, 0.25) is 0 Å². The SMILES string of the molecule is CNC(=O)CCC(C=O)N(C)Cc1cc(N2CCN(C3CNC3)CC2)ccc1C=O. The molecule has 2 aliphatic rings. The van der Waals surface area contributed by atoms with E-state index in [1.165, 1.54) is 0 Å². The lowest BCUT2D eigenvalue weighted by atomic mass is 10.0. The second-order valence-electron chi connectivity index (χ2n) is 8.17. The van der Waals surface area contributed by atoms with Gasteiger partial charge in [0, 0.05) is 76.6 Å². The summed E-state index contributed by atoms with van der Waals surface area (Å²) in [7, 11) is 3.45. The Balaban J connectivity index is 1.64. The highest BCUT2D eigenvalue weighted by atomic mass is 16.1. The summed E-state index contributed by atoms with van der Waals surface area (Å²) in [5, 5.41) is 5.91. The van der Waals surface area contributed by atoms with Gasteiger partial charge in [-0.3, -0.25) is 19.4 Å². The van der Waals surface area contributed by atoms with Gasteiger partial charge in [-0.2, -0.15) is 0 Å². The maximum Gasteiger partial charge on any atom is 0.219 e. The first-order chi connectivity index (χ1) is 14.5. The molecule has 2 saturated heterocycles. The van der Waals surface area contributed by atoms with Gasteiger partial charge in [-0.05, 0) is 37.2 Å². The van der Waals surface area contributed by atoms with E-state index in [2.05, 4.69) is 26.5 Å².